The Balaban J connectivity index is 2.37. The van der Waals surface area contributed by atoms with E-state index in [1.807, 2.05) is 19.1 Å². The van der Waals surface area contributed by atoms with Crippen molar-refractivity contribution in [3.05, 3.63) is 59.2 Å². The fourth-order valence-electron chi connectivity index (χ4n) is 1.80. The molecule has 0 aliphatic carbocycles. The molecule has 0 aromatic heterocycles. The summed E-state index contributed by atoms with van der Waals surface area (Å²) >= 11 is 3.06. The summed E-state index contributed by atoms with van der Waals surface area (Å²) in [5.41, 5.74) is 0.376. The molecule has 0 saturated heterocycles. The SMILES string of the molecule is Cc1ccccc1Oc1ccc(CBr)c(C(F)(F)F)c1. The van der Waals surface area contributed by atoms with Crippen LogP contribution < -0.4 is 4.74 Å². The fourth-order valence-corrected chi connectivity index (χ4v) is 2.29. The van der Waals surface area contributed by atoms with Crippen LogP contribution in [0.2, 0.25) is 0 Å². The molecule has 106 valence electrons. The summed E-state index contributed by atoms with van der Waals surface area (Å²) in [6.45, 7) is 1.84. The Morgan fingerprint density at radius 1 is 1.10 bits per heavy atom. The largest absolute Gasteiger partial charge is 0.457 e. The molecule has 5 heteroatoms. The van der Waals surface area contributed by atoms with Gasteiger partial charge in [0, 0.05) is 5.33 Å². The van der Waals surface area contributed by atoms with Gasteiger partial charge in [-0.1, -0.05) is 40.2 Å². The summed E-state index contributed by atoms with van der Waals surface area (Å²) in [6.07, 6.45) is -4.39. The molecule has 0 aliphatic rings. The minimum atomic E-state index is -4.39. The highest BCUT2D eigenvalue weighted by molar-refractivity contribution is 9.08. The van der Waals surface area contributed by atoms with Gasteiger partial charge in [-0.15, -0.1) is 0 Å². The normalized spacial score (nSPS) is 11.4. The second kappa shape index (κ2) is 5.87. The van der Waals surface area contributed by atoms with E-state index in [0.29, 0.717) is 5.75 Å². The van der Waals surface area contributed by atoms with Crippen LogP contribution in [0.3, 0.4) is 0 Å². The molecule has 2 rings (SSSR count). The molecule has 0 amide bonds. The molecule has 0 atom stereocenters. The Labute approximate surface area is 123 Å². The van der Waals surface area contributed by atoms with Crippen LogP contribution in [0.4, 0.5) is 13.2 Å². The second-order valence-corrected chi connectivity index (χ2v) is 4.88. The Kier molecular flexibility index (Phi) is 4.38. The molecule has 0 bridgehead atoms. The lowest BCUT2D eigenvalue weighted by molar-refractivity contribution is -0.138. The number of hydrogen-bond acceptors (Lipinski definition) is 1. The van der Waals surface area contributed by atoms with E-state index in [9.17, 15) is 13.2 Å². The molecular formula is C15H12BrF3O. The molecule has 0 N–H and O–H groups in total. The van der Waals surface area contributed by atoms with Crippen molar-refractivity contribution in [2.24, 2.45) is 0 Å². The number of aryl methyl sites for hydroxylation is 1. The lowest BCUT2D eigenvalue weighted by atomic mass is 10.1. The van der Waals surface area contributed by atoms with Crippen LogP contribution in [-0.4, -0.2) is 0 Å². The van der Waals surface area contributed by atoms with E-state index in [4.69, 9.17) is 4.74 Å². The smallest absolute Gasteiger partial charge is 0.416 e. The minimum absolute atomic E-state index is 0.145. The van der Waals surface area contributed by atoms with Crippen LogP contribution >= 0.6 is 15.9 Å². The number of rotatable bonds is 3. The van der Waals surface area contributed by atoms with Gasteiger partial charge in [-0.05, 0) is 36.2 Å². The Morgan fingerprint density at radius 3 is 2.40 bits per heavy atom. The molecule has 0 radical (unpaired) electrons. The predicted molar refractivity (Wildman–Crippen MR) is 75.3 cm³/mol. The standard InChI is InChI=1S/C15H12BrF3O/c1-10-4-2-3-5-14(10)20-12-7-6-11(9-16)13(8-12)15(17,18)19/h2-8H,9H2,1H3. The summed E-state index contributed by atoms with van der Waals surface area (Å²) < 4.78 is 44.4. The number of alkyl halides is 4. The second-order valence-electron chi connectivity index (χ2n) is 4.32. The van der Waals surface area contributed by atoms with Crippen LogP contribution in [0, 0.1) is 6.92 Å². The van der Waals surface area contributed by atoms with Gasteiger partial charge >= 0.3 is 6.18 Å². The summed E-state index contributed by atoms with van der Waals surface area (Å²) in [5.74, 6) is 0.726. The van der Waals surface area contributed by atoms with Gasteiger partial charge in [-0.2, -0.15) is 13.2 Å². The van der Waals surface area contributed by atoms with Gasteiger partial charge in [-0.3, -0.25) is 0 Å². The summed E-state index contributed by atoms with van der Waals surface area (Å²) in [5, 5.41) is 0.145. The highest BCUT2D eigenvalue weighted by Crippen LogP contribution is 2.36. The lowest BCUT2D eigenvalue weighted by Gasteiger charge is -2.14. The van der Waals surface area contributed by atoms with Gasteiger partial charge in [0.15, 0.2) is 0 Å². The molecule has 1 nitrogen and oxygen atoms in total. The molecule has 2 aromatic carbocycles. The monoisotopic (exact) mass is 344 g/mol. The third-order valence-electron chi connectivity index (χ3n) is 2.85. The third-order valence-corrected chi connectivity index (χ3v) is 3.46. The molecule has 0 fully saturated rings. The predicted octanol–water partition coefficient (Wildman–Crippen LogP) is 5.70. The third kappa shape index (κ3) is 3.33. The minimum Gasteiger partial charge on any atom is -0.457 e. The maximum atomic E-state index is 13.0. The van der Waals surface area contributed by atoms with Gasteiger partial charge < -0.3 is 4.74 Å². The molecule has 0 saturated carbocycles. The van der Waals surface area contributed by atoms with Crippen LogP contribution in [-0.2, 0) is 11.5 Å². The number of hydrogen-bond donors (Lipinski definition) is 0. The maximum Gasteiger partial charge on any atom is 0.416 e. The van der Waals surface area contributed by atoms with Crippen LogP contribution in [0.25, 0.3) is 0 Å². The van der Waals surface area contributed by atoms with Crippen molar-refractivity contribution in [1.82, 2.24) is 0 Å². The van der Waals surface area contributed by atoms with E-state index in [1.165, 1.54) is 12.1 Å². The molecule has 0 aliphatic heterocycles. The quantitative estimate of drug-likeness (QED) is 0.649. The number of benzene rings is 2. The lowest BCUT2D eigenvalue weighted by Crippen LogP contribution is -2.08. The van der Waals surface area contributed by atoms with Crippen molar-refractivity contribution in [2.45, 2.75) is 18.4 Å². The number of ether oxygens (including phenoxy) is 1. The van der Waals surface area contributed by atoms with Crippen molar-refractivity contribution in [2.75, 3.05) is 0 Å². The topological polar surface area (TPSA) is 9.23 Å². The van der Waals surface area contributed by atoms with E-state index < -0.39 is 11.7 Å². The van der Waals surface area contributed by atoms with Crippen molar-refractivity contribution in [3.8, 4) is 11.5 Å². The first kappa shape index (κ1) is 14.9. The van der Waals surface area contributed by atoms with Crippen LogP contribution in [0.5, 0.6) is 11.5 Å². The highest BCUT2D eigenvalue weighted by atomic mass is 79.9. The first-order valence-corrected chi connectivity index (χ1v) is 7.03. The van der Waals surface area contributed by atoms with E-state index in [1.54, 1.807) is 12.1 Å². The first-order valence-electron chi connectivity index (χ1n) is 5.91. The van der Waals surface area contributed by atoms with Gasteiger partial charge in [0.25, 0.3) is 0 Å². The van der Waals surface area contributed by atoms with Crippen LogP contribution in [0.1, 0.15) is 16.7 Å². The maximum absolute atomic E-state index is 13.0. The van der Waals surface area contributed by atoms with Gasteiger partial charge in [0.2, 0.25) is 0 Å². The Bertz CT molecular complexity index is 608. The zero-order valence-corrected chi connectivity index (χ0v) is 12.3. The Morgan fingerprint density at radius 2 is 1.80 bits per heavy atom. The van der Waals surface area contributed by atoms with Gasteiger partial charge in [-0.25, -0.2) is 0 Å². The average Bonchev–Trinajstić information content (AvgIpc) is 2.40. The molecular weight excluding hydrogens is 333 g/mol. The van der Waals surface area contributed by atoms with Gasteiger partial charge in [0.1, 0.15) is 11.5 Å². The van der Waals surface area contributed by atoms with E-state index in [0.717, 1.165) is 11.6 Å². The van der Waals surface area contributed by atoms with E-state index >= 15 is 0 Å². The number of halogens is 4. The Hall–Kier alpha value is -1.49. The summed E-state index contributed by atoms with van der Waals surface area (Å²) in [7, 11) is 0. The number of para-hydroxylation sites is 1. The molecule has 2 aromatic rings. The van der Waals surface area contributed by atoms with Gasteiger partial charge in [0.05, 0.1) is 5.56 Å². The first-order chi connectivity index (χ1) is 9.41. The average molecular weight is 345 g/mol. The fraction of sp³-hybridized carbons (Fsp3) is 0.200. The molecule has 0 unspecified atom stereocenters. The molecule has 20 heavy (non-hydrogen) atoms. The van der Waals surface area contributed by atoms with Crippen molar-refractivity contribution < 1.29 is 17.9 Å². The zero-order chi connectivity index (χ0) is 14.8. The zero-order valence-electron chi connectivity index (χ0n) is 10.7. The van der Waals surface area contributed by atoms with Crippen molar-refractivity contribution in [3.63, 3.8) is 0 Å². The summed E-state index contributed by atoms with van der Waals surface area (Å²) in [4.78, 5) is 0. The molecule has 0 heterocycles. The van der Waals surface area contributed by atoms with E-state index in [-0.39, 0.29) is 16.6 Å². The van der Waals surface area contributed by atoms with Crippen molar-refractivity contribution in [1.29, 1.82) is 0 Å². The van der Waals surface area contributed by atoms with Crippen LogP contribution in [0.15, 0.2) is 42.5 Å². The van der Waals surface area contributed by atoms with E-state index in [2.05, 4.69) is 15.9 Å². The highest BCUT2D eigenvalue weighted by Gasteiger charge is 2.33. The van der Waals surface area contributed by atoms with Crippen molar-refractivity contribution >= 4 is 15.9 Å². The molecule has 0 spiro atoms. The summed E-state index contributed by atoms with van der Waals surface area (Å²) in [6, 6.07) is 11.2.